The first-order valence-electron chi connectivity index (χ1n) is 6.82. The Morgan fingerprint density at radius 2 is 2.05 bits per heavy atom. The number of pyridine rings is 1. The van der Waals surface area contributed by atoms with Gasteiger partial charge in [0, 0.05) is 25.2 Å². The number of halogens is 1. The van der Waals surface area contributed by atoms with Crippen LogP contribution in [-0.2, 0) is 9.84 Å². The van der Waals surface area contributed by atoms with Crippen molar-refractivity contribution < 1.29 is 13.2 Å². The van der Waals surface area contributed by atoms with E-state index >= 15 is 0 Å². The molecule has 0 atom stereocenters. The molecule has 116 valence electrons. The zero-order valence-corrected chi connectivity index (χ0v) is 13.4. The Morgan fingerprint density at radius 1 is 1.38 bits per heavy atom. The summed E-state index contributed by atoms with van der Waals surface area (Å²) >= 11 is 5.94. The zero-order valence-electron chi connectivity index (χ0n) is 11.8. The molecule has 8 heteroatoms. The average Bonchev–Trinajstić information content (AvgIpc) is 2.44. The summed E-state index contributed by atoms with van der Waals surface area (Å²) in [4.78, 5) is 18.1. The van der Waals surface area contributed by atoms with Crippen LogP contribution in [0.1, 0.15) is 23.7 Å². The van der Waals surface area contributed by atoms with Crippen LogP contribution in [0.5, 0.6) is 0 Å². The van der Waals surface area contributed by atoms with E-state index in [0.717, 1.165) is 13.0 Å². The van der Waals surface area contributed by atoms with Crippen LogP contribution in [-0.4, -0.2) is 55.3 Å². The lowest BCUT2D eigenvalue weighted by molar-refractivity contribution is 0.0770. The van der Waals surface area contributed by atoms with Crippen molar-refractivity contribution >= 4 is 33.2 Å². The third-order valence-electron chi connectivity index (χ3n) is 3.23. The largest absolute Gasteiger partial charge is 0.370 e. The molecule has 1 saturated heterocycles. The fourth-order valence-electron chi connectivity index (χ4n) is 2.06. The van der Waals surface area contributed by atoms with Gasteiger partial charge in [0.25, 0.3) is 5.91 Å². The standard InChI is InChI=1S/C13H18ClN3O3S/c1-2-3-15-12-9-10(8-11(14)16-12)13(18)17-4-6-21(19,20)7-5-17/h8-9H,2-7H2,1H3,(H,15,16). The van der Waals surface area contributed by atoms with E-state index in [1.807, 2.05) is 6.92 Å². The van der Waals surface area contributed by atoms with E-state index in [-0.39, 0.29) is 35.7 Å². The number of hydrogen-bond acceptors (Lipinski definition) is 5. The highest BCUT2D eigenvalue weighted by Gasteiger charge is 2.26. The van der Waals surface area contributed by atoms with Crippen LogP contribution in [0.4, 0.5) is 5.82 Å². The normalized spacial score (nSPS) is 17.5. The lowest BCUT2D eigenvalue weighted by atomic mass is 10.2. The van der Waals surface area contributed by atoms with Gasteiger partial charge in [-0.05, 0) is 18.6 Å². The molecule has 0 aliphatic carbocycles. The predicted molar refractivity (Wildman–Crippen MR) is 82.6 cm³/mol. The number of carbonyl (C=O) groups is 1. The zero-order chi connectivity index (χ0) is 15.5. The number of hydrogen-bond donors (Lipinski definition) is 1. The number of amides is 1. The predicted octanol–water partition coefficient (Wildman–Crippen LogP) is 1.43. The summed E-state index contributed by atoms with van der Waals surface area (Å²) in [5.74, 6) is 0.364. The van der Waals surface area contributed by atoms with Gasteiger partial charge in [0.05, 0.1) is 11.5 Å². The van der Waals surface area contributed by atoms with E-state index in [9.17, 15) is 13.2 Å². The summed E-state index contributed by atoms with van der Waals surface area (Å²) in [6, 6.07) is 3.15. The third kappa shape index (κ3) is 4.31. The van der Waals surface area contributed by atoms with Gasteiger partial charge in [0.1, 0.15) is 11.0 Å². The smallest absolute Gasteiger partial charge is 0.254 e. The van der Waals surface area contributed by atoms with Crippen LogP contribution in [0, 0.1) is 0 Å². The van der Waals surface area contributed by atoms with Crippen molar-refractivity contribution in [3.05, 3.63) is 22.8 Å². The molecule has 1 aliphatic rings. The van der Waals surface area contributed by atoms with Crippen molar-refractivity contribution in [2.45, 2.75) is 13.3 Å². The number of anilines is 1. The molecule has 6 nitrogen and oxygen atoms in total. The van der Waals surface area contributed by atoms with Gasteiger partial charge in [-0.1, -0.05) is 18.5 Å². The summed E-state index contributed by atoms with van der Waals surface area (Å²) in [5.41, 5.74) is 0.424. The first-order chi connectivity index (χ1) is 9.91. The molecule has 1 amide bonds. The fraction of sp³-hybridized carbons (Fsp3) is 0.538. The first kappa shape index (κ1) is 16.0. The van der Waals surface area contributed by atoms with E-state index in [4.69, 9.17) is 11.6 Å². The van der Waals surface area contributed by atoms with Crippen LogP contribution < -0.4 is 5.32 Å². The molecule has 21 heavy (non-hydrogen) atoms. The number of carbonyl (C=O) groups excluding carboxylic acids is 1. The lowest BCUT2D eigenvalue weighted by Crippen LogP contribution is -2.43. The molecule has 1 N–H and O–H groups in total. The molecule has 1 fully saturated rings. The van der Waals surface area contributed by atoms with Crippen LogP contribution in [0.3, 0.4) is 0 Å². The Morgan fingerprint density at radius 3 is 2.67 bits per heavy atom. The second kappa shape index (κ2) is 6.62. The molecular weight excluding hydrogens is 314 g/mol. The average molecular weight is 332 g/mol. The summed E-state index contributed by atoms with van der Waals surface area (Å²) in [5, 5.41) is 3.32. The van der Waals surface area contributed by atoms with Crippen molar-refractivity contribution in [1.82, 2.24) is 9.88 Å². The minimum Gasteiger partial charge on any atom is -0.370 e. The Kier molecular flexibility index (Phi) is 5.05. The second-order valence-corrected chi connectivity index (χ2v) is 7.63. The van der Waals surface area contributed by atoms with Crippen LogP contribution >= 0.6 is 11.6 Å². The van der Waals surface area contributed by atoms with Gasteiger partial charge in [-0.15, -0.1) is 0 Å². The number of rotatable bonds is 4. The second-order valence-electron chi connectivity index (χ2n) is 4.93. The molecule has 0 aromatic carbocycles. The molecule has 1 aliphatic heterocycles. The number of nitrogens with one attached hydrogen (secondary N) is 1. The van der Waals surface area contributed by atoms with E-state index < -0.39 is 9.84 Å². The quantitative estimate of drug-likeness (QED) is 0.844. The highest BCUT2D eigenvalue weighted by molar-refractivity contribution is 7.91. The van der Waals surface area contributed by atoms with E-state index in [2.05, 4.69) is 10.3 Å². The van der Waals surface area contributed by atoms with Crippen LogP contribution in [0.25, 0.3) is 0 Å². The summed E-state index contributed by atoms with van der Waals surface area (Å²) in [6.07, 6.45) is 0.932. The van der Waals surface area contributed by atoms with Crippen molar-refractivity contribution in [2.75, 3.05) is 36.5 Å². The van der Waals surface area contributed by atoms with Gasteiger partial charge in [-0.25, -0.2) is 13.4 Å². The Hall–Kier alpha value is -1.34. The molecule has 0 radical (unpaired) electrons. The number of aromatic nitrogens is 1. The first-order valence-corrected chi connectivity index (χ1v) is 9.02. The summed E-state index contributed by atoms with van der Waals surface area (Å²) in [7, 11) is -3.00. The summed E-state index contributed by atoms with van der Waals surface area (Å²) in [6.45, 7) is 3.21. The van der Waals surface area contributed by atoms with Gasteiger partial charge in [-0.2, -0.15) is 0 Å². The van der Waals surface area contributed by atoms with Crippen molar-refractivity contribution in [3.63, 3.8) is 0 Å². The summed E-state index contributed by atoms with van der Waals surface area (Å²) < 4.78 is 22.8. The molecule has 0 bridgehead atoms. The SMILES string of the molecule is CCCNc1cc(C(=O)N2CCS(=O)(=O)CC2)cc(Cl)n1. The minimum atomic E-state index is -3.00. The number of nitrogens with zero attached hydrogens (tertiary/aromatic N) is 2. The van der Waals surface area contributed by atoms with E-state index in [1.165, 1.54) is 11.0 Å². The maximum Gasteiger partial charge on any atom is 0.254 e. The number of sulfone groups is 1. The Bertz CT molecular complexity index is 620. The fourth-order valence-corrected chi connectivity index (χ4v) is 3.47. The molecule has 0 spiro atoms. The van der Waals surface area contributed by atoms with Gasteiger partial charge in [-0.3, -0.25) is 4.79 Å². The molecule has 1 aromatic heterocycles. The lowest BCUT2D eigenvalue weighted by Gasteiger charge is -2.26. The molecule has 2 rings (SSSR count). The highest BCUT2D eigenvalue weighted by atomic mass is 35.5. The van der Waals surface area contributed by atoms with Gasteiger partial charge >= 0.3 is 0 Å². The van der Waals surface area contributed by atoms with Crippen LogP contribution in [0.2, 0.25) is 5.15 Å². The van der Waals surface area contributed by atoms with E-state index in [1.54, 1.807) is 6.07 Å². The third-order valence-corrected chi connectivity index (χ3v) is 5.03. The maximum atomic E-state index is 12.4. The molecular formula is C13H18ClN3O3S. The minimum absolute atomic E-state index is 0.0124. The molecule has 0 saturated carbocycles. The molecule has 2 heterocycles. The van der Waals surface area contributed by atoms with E-state index in [0.29, 0.717) is 11.4 Å². The Balaban J connectivity index is 2.13. The molecule has 1 aromatic rings. The van der Waals surface area contributed by atoms with Crippen molar-refractivity contribution in [3.8, 4) is 0 Å². The van der Waals surface area contributed by atoms with Gasteiger partial charge < -0.3 is 10.2 Å². The van der Waals surface area contributed by atoms with Gasteiger partial charge in [0.15, 0.2) is 9.84 Å². The van der Waals surface area contributed by atoms with Crippen molar-refractivity contribution in [2.24, 2.45) is 0 Å². The highest BCUT2D eigenvalue weighted by Crippen LogP contribution is 2.17. The maximum absolute atomic E-state index is 12.4. The Labute approximate surface area is 129 Å². The topological polar surface area (TPSA) is 79.4 Å². The molecule has 0 unspecified atom stereocenters. The van der Waals surface area contributed by atoms with Crippen LogP contribution in [0.15, 0.2) is 12.1 Å². The monoisotopic (exact) mass is 331 g/mol. The van der Waals surface area contributed by atoms with Gasteiger partial charge in [0.2, 0.25) is 0 Å². The van der Waals surface area contributed by atoms with Crippen molar-refractivity contribution in [1.29, 1.82) is 0 Å².